The summed E-state index contributed by atoms with van der Waals surface area (Å²) in [5, 5.41) is 3.67. The number of anilines is 1. The number of carbonyl (C=O) groups excluding carboxylic acids is 2. The van der Waals surface area contributed by atoms with Crippen LogP contribution in [-0.2, 0) is 26.2 Å². The molecule has 2 atom stereocenters. The Kier molecular flexibility index (Phi) is 9.79. The van der Waals surface area contributed by atoms with E-state index < -0.39 is 28.5 Å². The van der Waals surface area contributed by atoms with Gasteiger partial charge in [-0.3, -0.25) is 13.9 Å². The Morgan fingerprint density at radius 3 is 2.32 bits per heavy atom. The van der Waals surface area contributed by atoms with E-state index in [2.05, 4.69) is 5.32 Å². The van der Waals surface area contributed by atoms with E-state index in [-0.39, 0.29) is 18.5 Å². The molecule has 2 amide bonds. The molecule has 0 aliphatic carbocycles. The van der Waals surface area contributed by atoms with Crippen LogP contribution >= 0.6 is 23.2 Å². The summed E-state index contributed by atoms with van der Waals surface area (Å²) in [4.78, 5) is 27.7. The molecule has 0 heterocycles. The number of carbonyl (C=O) groups is 2. The normalized spacial score (nSPS) is 13.1. The minimum Gasteiger partial charge on any atom is -0.352 e. The molecule has 2 aromatic rings. The van der Waals surface area contributed by atoms with Gasteiger partial charge in [-0.25, -0.2) is 8.42 Å². The zero-order valence-electron chi connectivity index (χ0n) is 20.0. The Morgan fingerprint density at radius 1 is 1.09 bits per heavy atom. The molecule has 0 fully saturated rings. The fraction of sp³-hybridized carbons (Fsp3) is 0.417. The topological polar surface area (TPSA) is 86.8 Å². The molecule has 1 N–H and O–H groups in total. The Balaban J connectivity index is 2.42. The van der Waals surface area contributed by atoms with Crippen molar-refractivity contribution in [1.29, 1.82) is 0 Å². The van der Waals surface area contributed by atoms with Crippen molar-refractivity contribution in [3.05, 3.63) is 63.6 Å². The molecular formula is C24H31Cl2N3O4S. The van der Waals surface area contributed by atoms with Crippen molar-refractivity contribution in [3.63, 3.8) is 0 Å². The molecule has 0 radical (unpaired) electrons. The summed E-state index contributed by atoms with van der Waals surface area (Å²) in [5.74, 6) is -0.876. The average molecular weight is 529 g/mol. The Labute approximate surface area is 212 Å². The molecule has 0 bridgehead atoms. The molecular weight excluding hydrogens is 497 g/mol. The molecule has 2 rings (SSSR count). The summed E-state index contributed by atoms with van der Waals surface area (Å²) in [5.41, 5.74) is 1.81. The number of amides is 2. The molecule has 10 heteroatoms. The summed E-state index contributed by atoms with van der Waals surface area (Å²) in [6.07, 6.45) is 1.77. The highest BCUT2D eigenvalue weighted by Gasteiger charge is 2.30. The Bertz CT molecular complexity index is 1140. The summed E-state index contributed by atoms with van der Waals surface area (Å²) in [7, 11) is -3.78. The second kappa shape index (κ2) is 11.9. The quantitative estimate of drug-likeness (QED) is 0.495. The maximum atomic E-state index is 13.5. The van der Waals surface area contributed by atoms with Gasteiger partial charge >= 0.3 is 0 Å². The first kappa shape index (κ1) is 28.0. The van der Waals surface area contributed by atoms with E-state index in [1.54, 1.807) is 43.3 Å². The lowest BCUT2D eigenvalue weighted by atomic mass is 10.1. The molecule has 2 aromatic carbocycles. The Hall–Kier alpha value is -2.29. The SMILES string of the molecule is CCC(C)NC(=O)C(C)N(Cc1ccc(Cl)cc1Cl)C(=O)CN(c1cccc(C)c1)S(C)(=O)=O. The maximum absolute atomic E-state index is 13.5. The van der Waals surface area contributed by atoms with Crippen LogP contribution in [0, 0.1) is 6.92 Å². The number of hydrogen-bond acceptors (Lipinski definition) is 4. The predicted octanol–water partition coefficient (Wildman–Crippen LogP) is 4.40. The third-order valence-corrected chi connectivity index (χ3v) is 7.22. The molecule has 0 saturated carbocycles. The fourth-order valence-corrected chi connectivity index (χ4v) is 4.59. The zero-order valence-corrected chi connectivity index (χ0v) is 22.3. The van der Waals surface area contributed by atoms with Crippen molar-refractivity contribution >= 4 is 50.7 Å². The van der Waals surface area contributed by atoms with E-state index in [0.717, 1.165) is 22.5 Å². The monoisotopic (exact) mass is 527 g/mol. The predicted molar refractivity (Wildman–Crippen MR) is 138 cm³/mol. The number of hydrogen-bond donors (Lipinski definition) is 1. The van der Waals surface area contributed by atoms with Gasteiger partial charge in [0, 0.05) is 22.6 Å². The first-order valence-corrected chi connectivity index (χ1v) is 13.5. The third kappa shape index (κ3) is 7.61. The van der Waals surface area contributed by atoms with Gasteiger partial charge in [-0.15, -0.1) is 0 Å². The first-order valence-electron chi connectivity index (χ1n) is 10.9. The molecule has 0 aromatic heterocycles. The number of aryl methyl sites for hydroxylation is 1. The van der Waals surface area contributed by atoms with Crippen molar-refractivity contribution in [2.24, 2.45) is 0 Å². The van der Waals surface area contributed by atoms with Crippen molar-refractivity contribution in [2.75, 3.05) is 17.1 Å². The van der Waals surface area contributed by atoms with Gasteiger partial charge in [0.25, 0.3) is 0 Å². The van der Waals surface area contributed by atoms with E-state index in [1.807, 2.05) is 26.8 Å². The van der Waals surface area contributed by atoms with Crippen molar-refractivity contribution in [1.82, 2.24) is 10.2 Å². The molecule has 34 heavy (non-hydrogen) atoms. The molecule has 0 aliphatic rings. The van der Waals surface area contributed by atoms with Crippen LogP contribution in [0.25, 0.3) is 0 Å². The van der Waals surface area contributed by atoms with E-state index in [1.165, 1.54) is 4.90 Å². The lowest BCUT2D eigenvalue weighted by Gasteiger charge is -2.32. The van der Waals surface area contributed by atoms with Gasteiger partial charge in [-0.1, -0.05) is 48.3 Å². The molecule has 0 saturated heterocycles. The van der Waals surface area contributed by atoms with Gasteiger partial charge in [-0.2, -0.15) is 0 Å². The third-order valence-electron chi connectivity index (χ3n) is 5.49. The minimum absolute atomic E-state index is 0.00927. The average Bonchev–Trinajstić information content (AvgIpc) is 2.75. The van der Waals surface area contributed by atoms with Crippen molar-refractivity contribution < 1.29 is 18.0 Å². The lowest BCUT2D eigenvalue weighted by Crippen LogP contribution is -2.52. The largest absolute Gasteiger partial charge is 0.352 e. The van der Waals surface area contributed by atoms with Crippen LogP contribution in [0.4, 0.5) is 5.69 Å². The zero-order chi connectivity index (χ0) is 25.6. The van der Waals surface area contributed by atoms with Gasteiger partial charge in [0.05, 0.1) is 11.9 Å². The number of rotatable bonds is 10. The van der Waals surface area contributed by atoms with Crippen LogP contribution < -0.4 is 9.62 Å². The highest BCUT2D eigenvalue weighted by molar-refractivity contribution is 7.92. The lowest BCUT2D eigenvalue weighted by molar-refractivity contribution is -0.139. The number of benzene rings is 2. The molecule has 7 nitrogen and oxygen atoms in total. The maximum Gasteiger partial charge on any atom is 0.244 e. The second-order valence-electron chi connectivity index (χ2n) is 8.36. The van der Waals surface area contributed by atoms with E-state index in [9.17, 15) is 18.0 Å². The van der Waals surface area contributed by atoms with Gasteiger partial charge in [0.1, 0.15) is 12.6 Å². The van der Waals surface area contributed by atoms with Gasteiger partial charge in [0.2, 0.25) is 21.8 Å². The molecule has 2 unspecified atom stereocenters. The molecule has 186 valence electrons. The van der Waals surface area contributed by atoms with Crippen LogP contribution in [0.3, 0.4) is 0 Å². The van der Waals surface area contributed by atoms with E-state index in [0.29, 0.717) is 21.3 Å². The second-order valence-corrected chi connectivity index (χ2v) is 11.1. The van der Waals surface area contributed by atoms with Crippen molar-refractivity contribution in [2.45, 2.75) is 52.7 Å². The number of sulfonamides is 1. The number of nitrogens with one attached hydrogen (secondary N) is 1. The van der Waals surface area contributed by atoms with E-state index in [4.69, 9.17) is 23.2 Å². The number of halogens is 2. The van der Waals surface area contributed by atoms with Crippen LogP contribution in [0.15, 0.2) is 42.5 Å². The first-order chi connectivity index (χ1) is 15.8. The van der Waals surface area contributed by atoms with Crippen LogP contribution in [-0.4, -0.2) is 50.0 Å². The van der Waals surface area contributed by atoms with E-state index >= 15 is 0 Å². The summed E-state index contributed by atoms with van der Waals surface area (Å²) in [6, 6.07) is 10.8. The fourth-order valence-electron chi connectivity index (χ4n) is 3.28. The minimum atomic E-state index is -3.78. The Morgan fingerprint density at radius 2 is 1.76 bits per heavy atom. The van der Waals surface area contributed by atoms with Gasteiger partial charge in [0.15, 0.2) is 0 Å². The summed E-state index contributed by atoms with van der Waals surface area (Å²) >= 11 is 12.3. The van der Waals surface area contributed by atoms with Crippen molar-refractivity contribution in [3.8, 4) is 0 Å². The van der Waals surface area contributed by atoms with Crippen LogP contribution in [0.1, 0.15) is 38.3 Å². The van der Waals surface area contributed by atoms with Crippen LogP contribution in [0.5, 0.6) is 0 Å². The van der Waals surface area contributed by atoms with Gasteiger partial charge < -0.3 is 10.2 Å². The smallest absolute Gasteiger partial charge is 0.244 e. The highest BCUT2D eigenvalue weighted by atomic mass is 35.5. The molecule has 0 aliphatic heterocycles. The van der Waals surface area contributed by atoms with Gasteiger partial charge in [-0.05, 0) is 62.6 Å². The van der Waals surface area contributed by atoms with Crippen LogP contribution in [0.2, 0.25) is 10.0 Å². The highest BCUT2D eigenvalue weighted by Crippen LogP contribution is 2.24. The number of nitrogens with zero attached hydrogens (tertiary/aromatic N) is 2. The summed E-state index contributed by atoms with van der Waals surface area (Å²) in [6.45, 7) is 6.80. The standard InChI is InChI=1S/C24H31Cl2N3O4S/c1-6-17(3)27-24(31)18(4)28(14-19-10-11-20(25)13-22(19)26)23(30)15-29(34(5,32)33)21-9-7-8-16(2)12-21/h7-13,17-18H,6,14-15H2,1-5H3,(H,27,31). The molecule has 0 spiro atoms. The summed E-state index contributed by atoms with van der Waals surface area (Å²) < 4.78 is 26.2.